The molecule has 55 heavy (non-hydrogen) atoms. The van der Waals surface area contributed by atoms with E-state index in [2.05, 4.69) is 22.5 Å². The molecule has 2 atom stereocenters. The lowest BCUT2D eigenvalue weighted by molar-refractivity contribution is -0.530. The number of allylic oxidation sites excluding steroid dienone is 2. The van der Waals surface area contributed by atoms with Gasteiger partial charge in [0.2, 0.25) is 5.71 Å². The van der Waals surface area contributed by atoms with Gasteiger partial charge >= 0.3 is 11.9 Å². The van der Waals surface area contributed by atoms with Crippen LogP contribution in [0.1, 0.15) is 106 Å². The molecule has 0 amide bonds. The summed E-state index contributed by atoms with van der Waals surface area (Å²) in [4.78, 5) is 28.5. The molecule has 13 heteroatoms. The molecule has 8 rings (SSSR count). The summed E-state index contributed by atoms with van der Waals surface area (Å²) in [6, 6.07) is 17.0. The van der Waals surface area contributed by atoms with Crippen molar-refractivity contribution >= 4 is 67.4 Å². The summed E-state index contributed by atoms with van der Waals surface area (Å²) in [5, 5.41) is 22.7. The second-order valence-corrected chi connectivity index (χ2v) is 17.1. The van der Waals surface area contributed by atoms with Crippen LogP contribution in [-0.2, 0) is 16.5 Å². The summed E-state index contributed by atoms with van der Waals surface area (Å²) >= 11 is 13.9. The molecule has 3 N–H and O–H groups in total. The normalized spacial score (nSPS) is 18.9. The predicted octanol–water partition coefficient (Wildman–Crippen LogP) is 8.54. The largest absolute Gasteiger partial charge is 0.478 e. The highest BCUT2D eigenvalue weighted by molar-refractivity contribution is 7.85. The summed E-state index contributed by atoms with van der Waals surface area (Å²) in [7, 11) is -4.16. The Kier molecular flexibility index (Phi) is 9.94. The van der Waals surface area contributed by atoms with Gasteiger partial charge in [0.15, 0.2) is 0 Å². The monoisotopic (exact) mass is 803 g/mol. The maximum atomic E-state index is 13.3. The highest BCUT2D eigenvalue weighted by atomic mass is 35.5. The Morgan fingerprint density at radius 2 is 1.69 bits per heavy atom. The van der Waals surface area contributed by atoms with Gasteiger partial charge in [-0.3, -0.25) is 4.55 Å². The first-order valence-corrected chi connectivity index (χ1v) is 21.2. The van der Waals surface area contributed by atoms with Crippen LogP contribution in [0.25, 0.3) is 10.8 Å². The van der Waals surface area contributed by atoms with Crippen molar-refractivity contribution < 1.29 is 42.1 Å². The highest BCUT2D eigenvalue weighted by Crippen LogP contribution is 2.61. The molecule has 0 saturated heterocycles. The fourth-order valence-corrected chi connectivity index (χ4v) is 10.5. The number of carboxylic acid groups (broad SMARTS) is 2. The van der Waals surface area contributed by atoms with E-state index in [1.807, 2.05) is 42.5 Å². The summed E-state index contributed by atoms with van der Waals surface area (Å²) in [6.07, 6.45) is 5.23. The van der Waals surface area contributed by atoms with Gasteiger partial charge in [0, 0.05) is 48.4 Å². The van der Waals surface area contributed by atoms with Crippen LogP contribution in [-0.4, -0.2) is 77.3 Å². The number of halogens is 2. The molecular weight excluding hydrogens is 763 g/mol. The second kappa shape index (κ2) is 14.6. The van der Waals surface area contributed by atoms with Gasteiger partial charge in [-0.05, 0) is 54.3 Å². The van der Waals surface area contributed by atoms with Gasteiger partial charge in [0.05, 0.1) is 49.7 Å². The van der Waals surface area contributed by atoms with Crippen molar-refractivity contribution in [1.29, 1.82) is 0 Å². The van der Waals surface area contributed by atoms with Crippen LogP contribution < -0.4 is 9.64 Å². The minimum Gasteiger partial charge on any atom is -0.478 e. The lowest BCUT2D eigenvalue weighted by Crippen LogP contribution is -2.39. The SMILES string of the molecule is CCCCN1CCCc2c3c(c4ccccc4c21)C(c1c(Cl)c(C(=O)O)cc(Cl)c1C(=O)O)C1C(=C2CCC[N+](CCCS(=O)(=O)O)=C2c2ccccc21)O3. The number of carboxylic acids is 2. The molecule has 286 valence electrons. The molecule has 4 aliphatic rings. The zero-order valence-corrected chi connectivity index (χ0v) is 32.6. The predicted molar refractivity (Wildman–Crippen MR) is 213 cm³/mol. The van der Waals surface area contributed by atoms with Crippen molar-refractivity contribution in [2.24, 2.45) is 0 Å². The number of nitrogens with zero attached hydrogens (tertiary/aromatic N) is 2. The topological polar surface area (TPSA) is 144 Å². The summed E-state index contributed by atoms with van der Waals surface area (Å²) in [5.74, 6) is -3.22. The first-order valence-electron chi connectivity index (χ1n) is 18.8. The number of rotatable bonds is 10. The Morgan fingerprint density at radius 1 is 0.945 bits per heavy atom. The van der Waals surface area contributed by atoms with Crippen molar-refractivity contribution in [3.8, 4) is 5.75 Å². The van der Waals surface area contributed by atoms with Gasteiger partial charge in [-0.25, -0.2) is 14.2 Å². The molecule has 0 radical (unpaired) electrons. The van der Waals surface area contributed by atoms with Crippen LogP contribution >= 0.6 is 23.2 Å². The quantitative estimate of drug-likeness (QED) is 0.106. The Labute approximate surface area is 329 Å². The number of hydrogen-bond acceptors (Lipinski definition) is 6. The molecule has 0 aromatic heterocycles. The van der Waals surface area contributed by atoms with E-state index in [0.29, 0.717) is 31.0 Å². The molecule has 1 aliphatic carbocycles. The number of carbonyl (C=O) groups is 2. The van der Waals surface area contributed by atoms with Crippen molar-refractivity contribution in [3.63, 3.8) is 0 Å². The van der Waals surface area contributed by atoms with Crippen molar-refractivity contribution in [3.05, 3.63) is 115 Å². The number of anilines is 1. The fourth-order valence-electron chi connectivity index (χ4n) is 9.40. The Hall–Kier alpha value is -4.42. The molecule has 10 nitrogen and oxygen atoms in total. The van der Waals surface area contributed by atoms with Gasteiger partial charge in [0.25, 0.3) is 10.1 Å². The third-order valence-corrected chi connectivity index (χ3v) is 13.0. The molecule has 0 saturated carbocycles. The fraction of sp³-hybridized carbons (Fsp3) is 0.357. The summed E-state index contributed by atoms with van der Waals surface area (Å²) in [5.41, 5.74) is 5.97. The first-order chi connectivity index (χ1) is 26.4. The minimum atomic E-state index is -4.16. The Bertz CT molecular complexity index is 2480. The third kappa shape index (κ3) is 6.39. The molecule has 4 aromatic rings. The van der Waals surface area contributed by atoms with Gasteiger partial charge in [-0.2, -0.15) is 8.42 Å². The molecule has 0 fully saturated rings. The Morgan fingerprint density at radius 3 is 2.42 bits per heavy atom. The molecule has 0 bridgehead atoms. The molecule has 0 spiro atoms. The zero-order valence-electron chi connectivity index (χ0n) is 30.3. The van der Waals surface area contributed by atoms with Gasteiger partial charge < -0.3 is 19.8 Å². The molecule has 3 aliphatic heterocycles. The van der Waals surface area contributed by atoms with E-state index in [-0.39, 0.29) is 38.9 Å². The standard InChI is InChI=1S/C42H40Cl2N2O8S/c1-2-3-17-45-18-8-15-27-37(45)25-13-6-4-11-23(25)31-34(35-33(42(49)50)30(43)22-29(36(35)44)41(47)48)32-24-12-5-7-14-26(24)38-28(40(32)54-39(27)31)16-9-19-46(38)20-10-21-55(51,52)53/h4-7,11-14,22,32,34H,2-3,8-10,15-21H2,1H3,(H2-,47,48,49,50,51,52,53)/p+1. The van der Waals surface area contributed by atoms with Gasteiger partial charge in [-0.1, -0.05) is 79.0 Å². The van der Waals surface area contributed by atoms with E-state index in [1.165, 1.54) is 0 Å². The molecule has 2 unspecified atom stereocenters. The first kappa shape index (κ1) is 37.5. The summed E-state index contributed by atoms with van der Waals surface area (Å²) in [6.45, 7) is 4.95. The van der Waals surface area contributed by atoms with Crippen molar-refractivity contribution in [1.82, 2.24) is 0 Å². The van der Waals surface area contributed by atoms with E-state index in [1.54, 1.807) is 0 Å². The lowest BCUT2D eigenvalue weighted by atomic mass is 9.65. The third-order valence-electron chi connectivity index (χ3n) is 11.5. The van der Waals surface area contributed by atoms with E-state index in [4.69, 9.17) is 27.9 Å². The summed E-state index contributed by atoms with van der Waals surface area (Å²) < 4.78 is 42.5. The van der Waals surface area contributed by atoms with Crippen LogP contribution in [0.4, 0.5) is 5.69 Å². The number of ether oxygens (including phenoxy) is 1. The van der Waals surface area contributed by atoms with Crippen LogP contribution in [0.3, 0.4) is 0 Å². The molecule has 4 aromatic carbocycles. The number of unbranched alkanes of at least 4 members (excludes halogenated alkanes) is 1. The van der Waals surface area contributed by atoms with Crippen molar-refractivity contribution in [2.45, 2.75) is 63.7 Å². The van der Waals surface area contributed by atoms with E-state index in [9.17, 15) is 32.8 Å². The maximum Gasteiger partial charge on any atom is 0.337 e. The minimum absolute atomic E-state index is 0.120. The average Bonchev–Trinajstić information content (AvgIpc) is 3.16. The number of fused-ring (bicyclic) bond motifs is 11. The smallest absolute Gasteiger partial charge is 0.337 e. The average molecular weight is 805 g/mol. The van der Waals surface area contributed by atoms with E-state index >= 15 is 0 Å². The zero-order chi connectivity index (χ0) is 38.8. The molecule has 3 heterocycles. The van der Waals surface area contributed by atoms with Crippen molar-refractivity contribution in [2.75, 3.05) is 36.8 Å². The van der Waals surface area contributed by atoms with Crippen LogP contribution in [0.5, 0.6) is 5.75 Å². The van der Waals surface area contributed by atoms with Crippen LogP contribution in [0.2, 0.25) is 10.0 Å². The van der Waals surface area contributed by atoms with Gasteiger partial charge in [-0.15, -0.1) is 0 Å². The maximum absolute atomic E-state index is 13.3. The number of benzene rings is 4. The molecular formula is C42H41Cl2N2O8S+. The van der Waals surface area contributed by atoms with E-state index < -0.39 is 33.9 Å². The number of hydrogen-bond donors (Lipinski definition) is 3. The van der Waals surface area contributed by atoms with Gasteiger partial charge in [0.1, 0.15) is 24.6 Å². The van der Waals surface area contributed by atoms with Crippen LogP contribution in [0.15, 0.2) is 65.9 Å². The number of aromatic carboxylic acids is 2. The van der Waals surface area contributed by atoms with E-state index in [0.717, 1.165) is 101 Å². The second-order valence-electron chi connectivity index (χ2n) is 14.7. The van der Waals surface area contributed by atoms with Crippen LogP contribution in [0, 0.1) is 0 Å². The highest BCUT2D eigenvalue weighted by Gasteiger charge is 2.50. The Balaban J connectivity index is 1.51. The lowest BCUT2D eigenvalue weighted by Gasteiger charge is -2.44.